The number of hydrogen-bond acceptors (Lipinski definition) is 10. The van der Waals surface area contributed by atoms with E-state index in [4.69, 9.17) is 28.6 Å². The number of carbonyl (C=O) groups is 2. The first kappa shape index (κ1) is 46.9. The third kappa shape index (κ3) is 13.9. The van der Waals surface area contributed by atoms with Crippen LogP contribution in [0.5, 0.6) is 11.5 Å². The standard InChI is InChI=1S/C46H68N6O6Si/c1-12-14-17-33(13-2)31-46(6,7)58-44(54)49-22-15-21-48-43(53)41-26-34(20-23-47-41)42-32-50-39-19-18-35(29-40(39)51-42)52(24-16-25-57-59(10,11)45(3,4)5)36-27-37(55-8)30-38(28-36)56-9/h18-20,23,26-30,32-33H,12-17,21-22,24-25,31H2,1-11H3,(H,48,53)(H,49,54). The predicted octanol–water partition coefficient (Wildman–Crippen LogP) is 10.5. The van der Waals surface area contributed by atoms with E-state index < -0.39 is 20.0 Å². The molecule has 4 rings (SSSR count). The zero-order valence-electron chi connectivity index (χ0n) is 37.4. The van der Waals surface area contributed by atoms with Gasteiger partial charge in [-0.15, -0.1) is 0 Å². The van der Waals surface area contributed by atoms with Crippen molar-refractivity contribution in [3.05, 3.63) is 66.6 Å². The van der Waals surface area contributed by atoms with Gasteiger partial charge in [0.2, 0.25) is 0 Å². The summed E-state index contributed by atoms with van der Waals surface area (Å²) in [7, 11) is 1.39. The third-order valence-corrected chi connectivity index (χ3v) is 15.7. The summed E-state index contributed by atoms with van der Waals surface area (Å²) in [5, 5.41) is 5.86. The summed E-state index contributed by atoms with van der Waals surface area (Å²) < 4.78 is 23.5. The first-order chi connectivity index (χ1) is 28.0. The quantitative estimate of drug-likeness (QED) is 0.0582. The molecule has 0 aliphatic heterocycles. The molecule has 2 amide bonds. The molecule has 0 aliphatic carbocycles. The molecule has 0 fully saturated rings. The molecule has 322 valence electrons. The number of carbonyl (C=O) groups excluding carboxylic acids is 2. The summed E-state index contributed by atoms with van der Waals surface area (Å²) in [6.07, 6.45) is 9.60. The van der Waals surface area contributed by atoms with E-state index in [1.165, 1.54) is 6.42 Å². The van der Waals surface area contributed by atoms with E-state index >= 15 is 0 Å². The molecule has 4 aromatic rings. The molecular weight excluding hydrogens is 761 g/mol. The Bertz CT molecular complexity index is 1960. The molecular formula is C46H68N6O6Si. The number of alkyl carbamates (subject to hydrolysis) is 1. The molecule has 13 heteroatoms. The second kappa shape index (κ2) is 21.5. The molecule has 2 heterocycles. The van der Waals surface area contributed by atoms with Crippen molar-refractivity contribution in [3.8, 4) is 22.8 Å². The molecule has 59 heavy (non-hydrogen) atoms. The lowest BCUT2D eigenvalue weighted by Gasteiger charge is -2.36. The fourth-order valence-electron chi connectivity index (χ4n) is 6.68. The average molecular weight is 829 g/mol. The summed E-state index contributed by atoms with van der Waals surface area (Å²) in [5.41, 5.74) is 4.34. The van der Waals surface area contributed by atoms with Gasteiger partial charge in [-0.2, -0.15) is 0 Å². The lowest BCUT2D eigenvalue weighted by atomic mass is 9.88. The van der Waals surface area contributed by atoms with Gasteiger partial charge in [0.05, 0.1) is 37.1 Å². The maximum Gasteiger partial charge on any atom is 0.407 e. The zero-order chi connectivity index (χ0) is 43.2. The van der Waals surface area contributed by atoms with Gasteiger partial charge in [-0.3, -0.25) is 14.8 Å². The minimum atomic E-state index is -1.90. The molecule has 12 nitrogen and oxygen atoms in total. The Kier molecular flexibility index (Phi) is 17.1. The van der Waals surface area contributed by atoms with Crippen LogP contribution in [0.1, 0.15) is 104 Å². The Hall–Kier alpha value is -4.75. The second-order valence-electron chi connectivity index (χ2n) is 17.3. The molecule has 0 saturated carbocycles. The van der Waals surface area contributed by atoms with Gasteiger partial charge in [0.15, 0.2) is 8.32 Å². The maximum absolute atomic E-state index is 13.1. The van der Waals surface area contributed by atoms with E-state index in [2.05, 4.69) is 68.2 Å². The molecule has 1 atom stereocenters. The Labute approximate surface area is 353 Å². The Morgan fingerprint density at radius 3 is 2.20 bits per heavy atom. The monoisotopic (exact) mass is 828 g/mol. The molecule has 0 saturated heterocycles. The van der Waals surface area contributed by atoms with Crippen LogP contribution in [0, 0.1) is 5.92 Å². The van der Waals surface area contributed by atoms with Gasteiger partial charge in [-0.05, 0) is 87.5 Å². The number of amides is 2. The number of benzene rings is 2. The average Bonchev–Trinajstić information content (AvgIpc) is 3.20. The third-order valence-electron chi connectivity index (χ3n) is 11.2. The van der Waals surface area contributed by atoms with Gasteiger partial charge >= 0.3 is 6.09 Å². The highest BCUT2D eigenvalue weighted by molar-refractivity contribution is 6.74. The molecule has 1 unspecified atom stereocenters. The number of pyridine rings is 1. The Morgan fingerprint density at radius 1 is 0.831 bits per heavy atom. The number of nitrogens with one attached hydrogen (secondary N) is 2. The van der Waals surface area contributed by atoms with Crippen LogP contribution in [0.25, 0.3) is 22.3 Å². The molecule has 0 radical (unpaired) electrons. The summed E-state index contributed by atoms with van der Waals surface area (Å²) in [4.78, 5) is 41.9. The lowest BCUT2D eigenvalue weighted by Crippen LogP contribution is -2.41. The van der Waals surface area contributed by atoms with Gasteiger partial charge in [0, 0.05) is 67.6 Å². The zero-order valence-corrected chi connectivity index (χ0v) is 38.4. The van der Waals surface area contributed by atoms with Crippen molar-refractivity contribution in [2.45, 2.75) is 117 Å². The van der Waals surface area contributed by atoms with Crippen LogP contribution in [0.15, 0.2) is 60.9 Å². The van der Waals surface area contributed by atoms with Gasteiger partial charge in [-0.25, -0.2) is 9.78 Å². The minimum Gasteiger partial charge on any atom is -0.497 e. The predicted molar refractivity (Wildman–Crippen MR) is 241 cm³/mol. The fourth-order valence-corrected chi connectivity index (χ4v) is 7.77. The maximum atomic E-state index is 13.1. The van der Waals surface area contributed by atoms with E-state index in [1.807, 2.05) is 56.3 Å². The molecule has 2 aromatic carbocycles. The Balaban J connectivity index is 1.43. The van der Waals surface area contributed by atoms with Crippen molar-refractivity contribution in [2.75, 3.05) is 45.4 Å². The number of methoxy groups -OCH3 is 2. The van der Waals surface area contributed by atoms with Crippen molar-refractivity contribution in [1.29, 1.82) is 0 Å². The second-order valence-corrected chi connectivity index (χ2v) is 22.2. The van der Waals surface area contributed by atoms with Crippen LogP contribution in [0.4, 0.5) is 16.2 Å². The van der Waals surface area contributed by atoms with Crippen molar-refractivity contribution >= 4 is 42.7 Å². The number of hydrogen-bond donors (Lipinski definition) is 2. The van der Waals surface area contributed by atoms with E-state index in [9.17, 15) is 9.59 Å². The van der Waals surface area contributed by atoms with Crippen molar-refractivity contribution < 1.29 is 28.2 Å². The van der Waals surface area contributed by atoms with Gasteiger partial charge in [0.1, 0.15) is 22.8 Å². The number of unbranched alkanes of at least 4 members (excludes halogenated alkanes) is 1. The smallest absolute Gasteiger partial charge is 0.407 e. The Morgan fingerprint density at radius 2 is 1.54 bits per heavy atom. The first-order valence-corrected chi connectivity index (χ1v) is 24.0. The van der Waals surface area contributed by atoms with Gasteiger partial charge in [0.25, 0.3) is 5.91 Å². The van der Waals surface area contributed by atoms with Crippen molar-refractivity contribution in [2.24, 2.45) is 5.92 Å². The molecule has 0 spiro atoms. The highest BCUT2D eigenvalue weighted by atomic mass is 28.4. The number of fused-ring (bicyclic) bond motifs is 1. The molecule has 2 N–H and O–H groups in total. The number of aromatic nitrogens is 3. The van der Waals surface area contributed by atoms with Crippen LogP contribution < -0.4 is 25.0 Å². The van der Waals surface area contributed by atoms with Crippen LogP contribution in [0.3, 0.4) is 0 Å². The molecule has 0 aliphatic rings. The van der Waals surface area contributed by atoms with Gasteiger partial charge in [-0.1, -0.05) is 60.3 Å². The normalized spacial score (nSPS) is 12.5. The van der Waals surface area contributed by atoms with E-state index in [0.717, 1.165) is 49.0 Å². The number of ether oxygens (including phenoxy) is 3. The summed E-state index contributed by atoms with van der Waals surface area (Å²) in [6.45, 7) is 21.7. The number of rotatable bonds is 22. The topological polar surface area (TPSA) is 137 Å². The SMILES string of the molecule is CCCCC(CC)CC(C)(C)OC(=O)NCCCNC(=O)c1cc(-c2cnc3ccc(N(CCCO[Si](C)(C)C(C)(C)C)c4cc(OC)cc(OC)c4)cc3n2)ccn1. The molecule has 0 bridgehead atoms. The summed E-state index contributed by atoms with van der Waals surface area (Å²) in [6, 6.07) is 15.4. The first-order valence-electron chi connectivity index (χ1n) is 21.1. The fraction of sp³-hybridized carbons (Fsp3) is 0.543. The van der Waals surface area contributed by atoms with Crippen molar-refractivity contribution in [3.63, 3.8) is 0 Å². The van der Waals surface area contributed by atoms with E-state index in [1.54, 1.807) is 32.7 Å². The minimum absolute atomic E-state index is 0.126. The molecule has 2 aromatic heterocycles. The van der Waals surface area contributed by atoms with E-state index in [0.29, 0.717) is 66.9 Å². The van der Waals surface area contributed by atoms with Crippen LogP contribution >= 0.6 is 0 Å². The largest absolute Gasteiger partial charge is 0.497 e. The number of anilines is 2. The summed E-state index contributed by atoms with van der Waals surface area (Å²) in [5.74, 6) is 1.60. The van der Waals surface area contributed by atoms with Crippen molar-refractivity contribution in [1.82, 2.24) is 25.6 Å². The highest BCUT2D eigenvalue weighted by Gasteiger charge is 2.37. The van der Waals surface area contributed by atoms with E-state index in [-0.39, 0.29) is 16.6 Å². The number of nitrogens with zero attached hydrogens (tertiary/aromatic N) is 4. The summed E-state index contributed by atoms with van der Waals surface area (Å²) >= 11 is 0. The lowest BCUT2D eigenvalue weighted by molar-refractivity contribution is 0.0191. The van der Waals surface area contributed by atoms with Crippen LogP contribution in [0.2, 0.25) is 18.1 Å². The highest BCUT2D eigenvalue weighted by Crippen LogP contribution is 2.38. The van der Waals surface area contributed by atoms with Gasteiger partial charge < -0.3 is 34.2 Å². The van der Waals surface area contributed by atoms with Crippen LogP contribution in [-0.4, -0.2) is 81.3 Å². The van der Waals surface area contributed by atoms with Crippen LogP contribution in [-0.2, 0) is 9.16 Å².